The number of rotatable bonds is 4. The van der Waals surface area contributed by atoms with E-state index in [-0.39, 0.29) is 11.3 Å². The Morgan fingerprint density at radius 1 is 0.767 bits per heavy atom. The zero-order chi connectivity index (χ0) is 23.3. The Kier molecular flexibility index (Phi) is 20.2. The molecule has 1 saturated heterocycles. The first-order valence-electron chi connectivity index (χ1n) is 11.9. The molecule has 3 heteroatoms. The molecule has 2 aromatic rings. The highest BCUT2D eigenvalue weighted by molar-refractivity contribution is 5.94. The molecule has 1 aliphatic heterocycles. The maximum absolute atomic E-state index is 12.3. The molecule has 0 atom stereocenters. The van der Waals surface area contributed by atoms with Gasteiger partial charge < -0.3 is 10.6 Å². The lowest BCUT2D eigenvalue weighted by atomic mass is 9.73. The van der Waals surface area contributed by atoms with Crippen LogP contribution < -0.4 is 10.6 Å². The van der Waals surface area contributed by atoms with Crippen LogP contribution in [0.25, 0.3) is 0 Å². The second-order valence-electron chi connectivity index (χ2n) is 5.95. The average molecular weight is 415 g/mol. The minimum Gasteiger partial charge on any atom is -0.351 e. The van der Waals surface area contributed by atoms with Gasteiger partial charge in [0.05, 0.1) is 0 Å². The molecule has 1 aliphatic rings. The van der Waals surface area contributed by atoms with Gasteiger partial charge in [-0.05, 0) is 43.6 Å². The fraction of sp³-hybridized carbons (Fsp3) is 0.519. The molecule has 2 aromatic carbocycles. The van der Waals surface area contributed by atoms with E-state index in [1.165, 1.54) is 5.56 Å². The minimum atomic E-state index is 0.00874. The maximum atomic E-state index is 12.3. The summed E-state index contributed by atoms with van der Waals surface area (Å²) in [6.07, 6.45) is 2.10. The third-order valence-corrected chi connectivity index (χ3v) is 4.57. The number of piperidine rings is 1. The van der Waals surface area contributed by atoms with Crippen molar-refractivity contribution < 1.29 is 4.79 Å². The van der Waals surface area contributed by atoms with E-state index >= 15 is 0 Å². The van der Waals surface area contributed by atoms with Gasteiger partial charge in [-0.15, -0.1) is 0 Å². The van der Waals surface area contributed by atoms with Crippen LogP contribution in [0.4, 0.5) is 0 Å². The van der Waals surface area contributed by atoms with Gasteiger partial charge >= 0.3 is 0 Å². The van der Waals surface area contributed by atoms with Crippen LogP contribution in [0.1, 0.15) is 84.2 Å². The molecule has 0 spiro atoms. The van der Waals surface area contributed by atoms with E-state index in [1.54, 1.807) is 0 Å². The number of hydrogen-bond acceptors (Lipinski definition) is 2. The molecule has 1 fully saturated rings. The number of benzene rings is 2. The Morgan fingerprint density at radius 2 is 1.20 bits per heavy atom. The van der Waals surface area contributed by atoms with Gasteiger partial charge in [-0.3, -0.25) is 4.79 Å². The summed E-state index contributed by atoms with van der Waals surface area (Å²) in [5.74, 6) is 0.00874. The van der Waals surface area contributed by atoms with Crippen molar-refractivity contribution in [2.45, 2.75) is 73.6 Å². The van der Waals surface area contributed by atoms with E-state index in [9.17, 15) is 4.79 Å². The molecule has 0 aromatic heterocycles. The summed E-state index contributed by atoms with van der Waals surface area (Å²) in [7, 11) is 0. The molecule has 30 heavy (non-hydrogen) atoms. The number of hydrogen-bond donors (Lipinski definition) is 2. The maximum Gasteiger partial charge on any atom is 0.251 e. The monoisotopic (exact) mass is 414 g/mol. The van der Waals surface area contributed by atoms with Crippen molar-refractivity contribution in [3.05, 3.63) is 71.8 Å². The topological polar surface area (TPSA) is 41.1 Å². The predicted molar refractivity (Wildman–Crippen MR) is 134 cm³/mol. The minimum absolute atomic E-state index is 0.00874. The molecular weight excluding hydrogens is 368 g/mol. The Bertz CT molecular complexity index is 605. The normalized spacial score (nSPS) is 13.2. The smallest absolute Gasteiger partial charge is 0.251 e. The van der Waals surface area contributed by atoms with Crippen molar-refractivity contribution in [2.75, 3.05) is 19.6 Å². The Labute approximate surface area is 186 Å². The van der Waals surface area contributed by atoms with Crippen LogP contribution in [-0.4, -0.2) is 25.5 Å². The Balaban J connectivity index is 0. The second kappa shape index (κ2) is 20.2. The molecule has 2 N–H and O–H groups in total. The third-order valence-electron chi connectivity index (χ3n) is 4.57. The highest BCUT2D eigenvalue weighted by Gasteiger charge is 2.34. The average Bonchev–Trinajstić information content (AvgIpc) is 2.89. The van der Waals surface area contributed by atoms with Crippen LogP contribution in [0.3, 0.4) is 0 Å². The lowest BCUT2D eigenvalue weighted by Crippen LogP contribution is -2.47. The summed E-state index contributed by atoms with van der Waals surface area (Å²) in [5.41, 5.74) is 2.08. The van der Waals surface area contributed by atoms with Gasteiger partial charge in [0, 0.05) is 17.5 Å². The summed E-state index contributed by atoms with van der Waals surface area (Å²) >= 11 is 0. The summed E-state index contributed by atoms with van der Waals surface area (Å²) in [6.45, 7) is 18.7. The van der Waals surface area contributed by atoms with E-state index in [4.69, 9.17) is 0 Å². The van der Waals surface area contributed by atoms with Crippen LogP contribution in [0.5, 0.6) is 0 Å². The van der Waals surface area contributed by atoms with Crippen molar-refractivity contribution in [1.82, 2.24) is 10.6 Å². The molecule has 0 saturated carbocycles. The highest BCUT2D eigenvalue weighted by atomic mass is 16.1. The van der Waals surface area contributed by atoms with Crippen molar-refractivity contribution in [1.29, 1.82) is 0 Å². The van der Waals surface area contributed by atoms with Crippen molar-refractivity contribution in [3.63, 3.8) is 0 Å². The van der Waals surface area contributed by atoms with Gasteiger partial charge in [0.25, 0.3) is 5.91 Å². The fourth-order valence-corrected chi connectivity index (χ4v) is 3.21. The third kappa shape index (κ3) is 10.1. The first-order valence-corrected chi connectivity index (χ1v) is 11.9. The van der Waals surface area contributed by atoms with Crippen molar-refractivity contribution in [2.24, 2.45) is 0 Å². The van der Waals surface area contributed by atoms with Crippen LogP contribution in [0.2, 0.25) is 0 Å². The first kappa shape index (κ1) is 30.1. The molecule has 0 radical (unpaired) electrons. The molecule has 3 rings (SSSR count). The van der Waals surface area contributed by atoms with E-state index in [2.05, 4.69) is 34.9 Å². The van der Waals surface area contributed by atoms with Crippen LogP contribution in [0, 0.1) is 0 Å². The molecule has 1 amide bonds. The largest absolute Gasteiger partial charge is 0.351 e. The molecule has 0 bridgehead atoms. The second-order valence-corrected chi connectivity index (χ2v) is 5.95. The number of carbonyl (C=O) groups excluding carboxylic acids is 1. The quantitative estimate of drug-likeness (QED) is 0.575. The Hall–Kier alpha value is -2.13. The number of carbonyl (C=O) groups is 1. The van der Waals surface area contributed by atoms with Gasteiger partial charge in [0.1, 0.15) is 0 Å². The number of nitrogens with one attached hydrogen (secondary N) is 2. The fourth-order valence-electron chi connectivity index (χ4n) is 3.21. The van der Waals surface area contributed by atoms with Crippen LogP contribution in [0.15, 0.2) is 60.7 Å². The molecule has 0 unspecified atom stereocenters. The van der Waals surface area contributed by atoms with Gasteiger partial charge in [-0.1, -0.05) is 104 Å². The first-order chi connectivity index (χ1) is 14.8. The van der Waals surface area contributed by atoms with Crippen LogP contribution >= 0.6 is 0 Å². The molecule has 0 aliphatic carbocycles. The summed E-state index contributed by atoms with van der Waals surface area (Å²) < 4.78 is 0. The van der Waals surface area contributed by atoms with Crippen LogP contribution in [-0.2, 0) is 5.41 Å². The molecule has 3 nitrogen and oxygen atoms in total. The van der Waals surface area contributed by atoms with Gasteiger partial charge in [-0.25, -0.2) is 0 Å². The summed E-state index contributed by atoms with van der Waals surface area (Å²) in [4.78, 5) is 12.3. The van der Waals surface area contributed by atoms with Gasteiger partial charge in [0.15, 0.2) is 0 Å². The predicted octanol–water partition coefficient (Wildman–Crippen LogP) is 6.84. The Morgan fingerprint density at radius 3 is 1.67 bits per heavy atom. The lowest BCUT2D eigenvalue weighted by Gasteiger charge is -2.38. The standard InChI is InChI=1S/C19H22N2O.4C2H6/c22-18(16-7-3-1-4-8-16)21-15-19(11-13-20-14-12-19)17-9-5-2-6-10-17;4*1-2/h1-10,20H,11-15H2,(H,21,22);4*1-2H3. The van der Waals surface area contributed by atoms with E-state index in [1.807, 2.05) is 91.8 Å². The van der Waals surface area contributed by atoms with E-state index in [0.29, 0.717) is 6.54 Å². The molecule has 170 valence electrons. The number of amides is 1. The van der Waals surface area contributed by atoms with Crippen molar-refractivity contribution in [3.8, 4) is 0 Å². The van der Waals surface area contributed by atoms with Gasteiger partial charge in [-0.2, -0.15) is 0 Å². The lowest BCUT2D eigenvalue weighted by molar-refractivity contribution is 0.0938. The van der Waals surface area contributed by atoms with Crippen molar-refractivity contribution >= 4 is 5.91 Å². The van der Waals surface area contributed by atoms with E-state index < -0.39 is 0 Å². The molecular formula is C27H46N2O. The summed E-state index contributed by atoms with van der Waals surface area (Å²) in [5, 5.41) is 6.56. The zero-order valence-electron chi connectivity index (χ0n) is 20.7. The molecule has 1 heterocycles. The highest BCUT2D eigenvalue weighted by Crippen LogP contribution is 2.32. The van der Waals surface area contributed by atoms with E-state index in [0.717, 1.165) is 31.5 Å². The zero-order valence-corrected chi connectivity index (χ0v) is 20.7. The SMILES string of the molecule is CC.CC.CC.CC.O=C(NCC1(c2ccccc2)CCNCC1)c1ccccc1. The summed E-state index contributed by atoms with van der Waals surface area (Å²) in [6, 6.07) is 20.0. The van der Waals surface area contributed by atoms with Gasteiger partial charge in [0.2, 0.25) is 0 Å².